The SMILES string of the molecule is CC.CC.CC.CC.CCC.S. The van der Waals surface area contributed by atoms with E-state index in [0.717, 1.165) is 0 Å². The molecule has 0 atom stereocenters. The lowest BCUT2D eigenvalue weighted by atomic mass is 10.6. The predicted octanol–water partition coefficient (Wildman–Crippen LogP) is 5.63. The van der Waals surface area contributed by atoms with Crippen molar-refractivity contribution in [2.24, 2.45) is 0 Å². The third-order valence-corrected chi connectivity index (χ3v) is 0. The highest BCUT2D eigenvalue weighted by Gasteiger charge is 1.35. The summed E-state index contributed by atoms with van der Waals surface area (Å²) >= 11 is 0. The third-order valence-electron chi connectivity index (χ3n) is 0. The van der Waals surface area contributed by atoms with E-state index in [4.69, 9.17) is 0 Å². The molecule has 1 heteroatoms. The van der Waals surface area contributed by atoms with Gasteiger partial charge in [0.15, 0.2) is 0 Å². The summed E-state index contributed by atoms with van der Waals surface area (Å²) in [5, 5.41) is 0. The highest BCUT2D eigenvalue weighted by molar-refractivity contribution is 7.59. The van der Waals surface area contributed by atoms with Crippen molar-refractivity contribution in [3.8, 4) is 0 Å². The summed E-state index contributed by atoms with van der Waals surface area (Å²) in [7, 11) is 0. The smallest absolute Gasteiger partial charge is 0.0590 e. The highest BCUT2D eigenvalue weighted by atomic mass is 32.1. The van der Waals surface area contributed by atoms with Crippen LogP contribution in [0.1, 0.15) is 75.7 Å². The Morgan fingerprint density at radius 3 is 0.500 bits per heavy atom. The Hall–Kier alpha value is 0.350. The zero-order chi connectivity index (χ0) is 10.7. The maximum atomic E-state index is 2.12. The largest absolute Gasteiger partial charge is 0.197 e. The van der Waals surface area contributed by atoms with Crippen LogP contribution in [0.25, 0.3) is 0 Å². The van der Waals surface area contributed by atoms with Crippen molar-refractivity contribution in [2.45, 2.75) is 75.7 Å². The summed E-state index contributed by atoms with van der Waals surface area (Å²) in [6.45, 7) is 20.2. The van der Waals surface area contributed by atoms with E-state index >= 15 is 0 Å². The Bertz CT molecular complexity index is 4.97. The summed E-state index contributed by atoms with van der Waals surface area (Å²) in [5.74, 6) is 0. The Kier molecular flexibility index (Phi) is 2190. The molecule has 0 saturated heterocycles. The standard InChI is InChI=1S/C3H8.4C2H6.H2S/c1-3-2;4*1-2;/h3H2,1-2H3;4*1-2H3;1H2. The van der Waals surface area contributed by atoms with Crippen LogP contribution in [0.5, 0.6) is 0 Å². The van der Waals surface area contributed by atoms with Crippen LogP contribution in [0.4, 0.5) is 0 Å². The van der Waals surface area contributed by atoms with Gasteiger partial charge in [-0.2, -0.15) is 13.5 Å². The second-order valence-corrected chi connectivity index (χ2v) is 0.707. The van der Waals surface area contributed by atoms with Crippen LogP contribution in [0.15, 0.2) is 0 Å². The van der Waals surface area contributed by atoms with Crippen LogP contribution in [0.2, 0.25) is 0 Å². The third kappa shape index (κ3) is 7390. The van der Waals surface area contributed by atoms with E-state index in [2.05, 4.69) is 13.8 Å². The van der Waals surface area contributed by atoms with Crippen molar-refractivity contribution in [1.82, 2.24) is 0 Å². The van der Waals surface area contributed by atoms with Crippen molar-refractivity contribution in [2.75, 3.05) is 0 Å². The molecule has 0 aromatic carbocycles. The monoisotopic (exact) mass is 198 g/mol. The molecule has 0 unspecified atom stereocenters. The van der Waals surface area contributed by atoms with E-state index in [1.807, 2.05) is 55.4 Å². The van der Waals surface area contributed by atoms with Gasteiger partial charge in [-0.25, -0.2) is 0 Å². The molecule has 0 rings (SSSR count). The molecule has 0 aromatic heterocycles. The molecule has 0 aliphatic carbocycles. The first-order chi connectivity index (χ1) is 5.41. The van der Waals surface area contributed by atoms with E-state index in [1.54, 1.807) is 0 Å². The van der Waals surface area contributed by atoms with Crippen LogP contribution >= 0.6 is 13.5 Å². The van der Waals surface area contributed by atoms with E-state index in [1.165, 1.54) is 6.42 Å². The molecule has 0 fully saturated rings. The second kappa shape index (κ2) is 667. The van der Waals surface area contributed by atoms with E-state index in [0.29, 0.717) is 0 Å². The Morgan fingerprint density at radius 1 is 0.500 bits per heavy atom. The second-order valence-electron chi connectivity index (χ2n) is 0.707. The first-order valence-corrected chi connectivity index (χ1v) is 5.41. The molecule has 0 heterocycles. The van der Waals surface area contributed by atoms with E-state index in [-0.39, 0.29) is 13.5 Å². The van der Waals surface area contributed by atoms with Gasteiger partial charge in [-0.1, -0.05) is 75.7 Å². The molecule has 0 amide bonds. The van der Waals surface area contributed by atoms with Crippen LogP contribution in [0, 0.1) is 0 Å². The van der Waals surface area contributed by atoms with Gasteiger partial charge in [0.1, 0.15) is 0 Å². The average Bonchev–Trinajstić information content (AvgIpc) is 2.18. The minimum Gasteiger partial charge on any atom is -0.197 e. The maximum Gasteiger partial charge on any atom is -0.0590 e. The molecule has 0 aliphatic heterocycles. The first kappa shape index (κ1) is 39.5. The van der Waals surface area contributed by atoms with E-state index < -0.39 is 0 Å². The molecule has 12 heavy (non-hydrogen) atoms. The minimum absolute atomic E-state index is 0. The van der Waals surface area contributed by atoms with Gasteiger partial charge in [0.2, 0.25) is 0 Å². The topological polar surface area (TPSA) is 0 Å². The van der Waals surface area contributed by atoms with Crippen LogP contribution in [-0.2, 0) is 0 Å². The van der Waals surface area contributed by atoms with Gasteiger partial charge in [-0.05, 0) is 0 Å². The lowest BCUT2D eigenvalue weighted by Crippen LogP contribution is -1.27. The summed E-state index contributed by atoms with van der Waals surface area (Å²) in [6.07, 6.45) is 1.25. The summed E-state index contributed by atoms with van der Waals surface area (Å²) in [4.78, 5) is 0. The van der Waals surface area contributed by atoms with Crippen LogP contribution in [-0.4, -0.2) is 0 Å². The number of rotatable bonds is 0. The Balaban J connectivity index is -0.00000000933. The first-order valence-electron chi connectivity index (χ1n) is 5.41. The zero-order valence-corrected chi connectivity index (χ0v) is 12.2. The van der Waals surface area contributed by atoms with Crippen molar-refractivity contribution in [3.63, 3.8) is 0 Å². The zero-order valence-electron chi connectivity index (χ0n) is 11.2. The highest BCUT2D eigenvalue weighted by Crippen LogP contribution is 1.56. The van der Waals surface area contributed by atoms with Crippen LogP contribution < -0.4 is 0 Å². The lowest BCUT2D eigenvalue weighted by Gasteiger charge is -1.48. The van der Waals surface area contributed by atoms with Gasteiger partial charge in [0, 0.05) is 0 Å². The Morgan fingerprint density at radius 2 is 0.500 bits per heavy atom. The Labute approximate surface area is 89.6 Å². The molecule has 0 spiro atoms. The fourth-order valence-electron chi connectivity index (χ4n) is 0. The molecular formula is C11H34S. The molecule has 0 radical (unpaired) electrons. The van der Waals surface area contributed by atoms with Gasteiger partial charge < -0.3 is 0 Å². The van der Waals surface area contributed by atoms with Gasteiger partial charge >= 0.3 is 0 Å². The van der Waals surface area contributed by atoms with Gasteiger partial charge in [-0.15, -0.1) is 0 Å². The maximum absolute atomic E-state index is 2.12. The molecule has 0 aromatic rings. The van der Waals surface area contributed by atoms with Crippen molar-refractivity contribution in [3.05, 3.63) is 0 Å². The number of hydrogen-bond acceptors (Lipinski definition) is 0. The van der Waals surface area contributed by atoms with Gasteiger partial charge in [0.05, 0.1) is 0 Å². The lowest BCUT2D eigenvalue weighted by molar-refractivity contribution is 1.09. The summed E-state index contributed by atoms with van der Waals surface area (Å²) in [5.41, 5.74) is 0. The quantitative estimate of drug-likeness (QED) is 0.473. The van der Waals surface area contributed by atoms with Gasteiger partial charge in [-0.3, -0.25) is 0 Å². The molecule has 84 valence electrons. The van der Waals surface area contributed by atoms with Crippen molar-refractivity contribution >= 4 is 13.5 Å². The van der Waals surface area contributed by atoms with Crippen LogP contribution in [0.3, 0.4) is 0 Å². The molecule has 0 aliphatic rings. The number of hydrogen-bond donors (Lipinski definition) is 0. The van der Waals surface area contributed by atoms with E-state index in [9.17, 15) is 0 Å². The molecule has 0 nitrogen and oxygen atoms in total. The van der Waals surface area contributed by atoms with Gasteiger partial charge in [0.25, 0.3) is 0 Å². The van der Waals surface area contributed by atoms with Crippen molar-refractivity contribution in [1.29, 1.82) is 0 Å². The minimum atomic E-state index is 0. The van der Waals surface area contributed by atoms with Crippen molar-refractivity contribution < 1.29 is 0 Å². The summed E-state index contributed by atoms with van der Waals surface area (Å²) < 4.78 is 0. The molecule has 0 N–H and O–H groups in total. The summed E-state index contributed by atoms with van der Waals surface area (Å²) in [6, 6.07) is 0. The molecule has 0 bridgehead atoms. The molecular weight excluding hydrogens is 164 g/mol. The fraction of sp³-hybridized carbons (Fsp3) is 1.00. The average molecular weight is 198 g/mol. The molecule has 0 saturated carbocycles. The normalized spacial score (nSPS) is 3.50. The predicted molar refractivity (Wildman–Crippen MR) is 71.7 cm³/mol. The fourth-order valence-corrected chi connectivity index (χ4v) is 0.